The quantitative estimate of drug-likeness (QED) is 0.503. The molecule has 1 aromatic rings. The molecule has 1 aliphatic heterocycles. The number of thioether (sulfide) groups is 2. The van der Waals surface area contributed by atoms with Gasteiger partial charge in [0.05, 0.1) is 5.25 Å². The minimum Gasteiger partial charge on any atom is -0.297 e. The third-order valence-corrected chi connectivity index (χ3v) is 7.40. The maximum Gasteiger partial charge on any atom is 0.241 e. The molecule has 2 fully saturated rings. The third-order valence-electron chi connectivity index (χ3n) is 5.07. The van der Waals surface area contributed by atoms with Crippen LogP contribution in [0.25, 0.3) is 0 Å². The van der Waals surface area contributed by atoms with Crippen LogP contribution in [0, 0.1) is 5.92 Å². The molecule has 0 spiro atoms. The molecule has 2 aliphatic rings. The summed E-state index contributed by atoms with van der Waals surface area (Å²) in [6.07, 6.45) is 10.7. The highest BCUT2D eigenvalue weighted by Crippen LogP contribution is 2.32. The average molecular weight is 380 g/mol. The second-order valence-corrected chi connectivity index (χ2v) is 9.42. The van der Waals surface area contributed by atoms with Gasteiger partial charge in [0, 0.05) is 11.4 Å². The summed E-state index contributed by atoms with van der Waals surface area (Å²) in [6, 6.07) is 8.52. The molecule has 1 heterocycles. The first kappa shape index (κ1) is 18.3. The molecule has 3 rings (SSSR count). The van der Waals surface area contributed by atoms with E-state index in [1.54, 1.807) is 23.5 Å². The Morgan fingerprint density at radius 2 is 1.92 bits per heavy atom. The maximum atomic E-state index is 12.7. The van der Waals surface area contributed by atoms with E-state index in [2.05, 4.69) is 30.5 Å². The lowest BCUT2D eigenvalue weighted by molar-refractivity contribution is -0.126. The van der Waals surface area contributed by atoms with Crippen LogP contribution in [-0.2, 0) is 11.2 Å². The van der Waals surface area contributed by atoms with Crippen LogP contribution in [0.2, 0.25) is 0 Å². The summed E-state index contributed by atoms with van der Waals surface area (Å²) < 4.78 is 0.779. The predicted octanol–water partition coefficient (Wildman–Crippen LogP) is 5.15. The second kappa shape index (κ2) is 8.72. The lowest BCUT2D eigenvalue weighted by Gasteiger charge is -2.24. The molecule has 0 N–H and O–H groups in total. The van der Waals surface area contributed by atoms with Crippen molar-refractivity contribution in [2.45, 2.75) is 55.1 Å². The maximum absolute atomic E-state index is 12.7. The SMILES string of the molecule is CSc1ccc(C[C@H]2SC(=S)N(CCC3CCCCC3)C2=O)cc1. The van der Waals surface area contributed by atoms with Gasteiger partial charge in [-0.25, -0.2) is 0 Å². The van der Waals surface area contributed by atoms with Gasteiger partial charge >= 0.3 is 0 Å². The molecule has 5 heteroatoms. The van der Waals surface area contributed by atoms with Gasteiger partial charge in [-0.2, -0.15) is 0 Å². The first-order chi connectivity index (χ1) is 11.7. The van der Waals surface area contributed by atoms with Crippen LogP contribution in [0.5, 0.6) is 0 Å². The van der Waals surface area contributed by atoms with Crippen molar-refractivity contribution in [3.63, 3.8) is 0 Å². The van der Waals surface area contributed by atoms with Crippen molar-refractivity contribution in [3.8, 4) is 0 Å². The average Bonchev–Trinajstić information content (AvgIpc) is 2.88. The molecule has 1 saturated heterocycles. The van der Waals surface area contributed by atoms with E-state index in [4.69, 9.17) is 12.2 Å². The molecule has 1 amide bonds. The molecule has 0 radical (unpaired) electrons. The summed E-state index contributed by atoms with van der Waals surface area (Å²) in [7, 11) is 0. The Labute approximate surface area is 159 Å². The standard InChI is InChI=1S/C19H25NOS3/c1-23-16-9-7-15(8-10-16)13-17-18(21)20(19(22)24-17)12-11-14-5-3-2-4-6-14/h7-10,14,17H,2-6,11-13H2,1H3/t17-/m1/s1. The predicted molar refractivity (Wildman–Crippen MR) is 109 cm³/mol. The third kappa shape index (κ3) is 4.55. The molecule has 0 aromatic heterocycles. The molecule has 130 valence electrons. The monoisotopic (exact) mass is 379 g/mol. The normalized spacial score (nSPS) is 22.4. The zero-order chi connectivity index (χ0) is 16.9. The summed E-state index contributed by atoms with van der Waals surface area (Å²) in [5.74, 6) is 1.01. The van der Waals surface area contributed by atoms with Gasteiger partial charge in [0.2, 0.25) is 5.91 Å². The molecule has 1 aromatic carbocycles. The molecule has 24 heavy (non-hydrogen) atoms. The highest BCUT2D eigenvalue weighted by Gasteiger charge is 2.36. The zero-order valence-electron chi connectivity index (χ0n) is 14.2. The molecule has 0 bridgehead atoms. The fourth-order valence-electron chi connectivity index (χ4n) is 3.59. The molecule has 2 nitrogen and oxygen atoms in total. The van der Waals surface area contributed by atoms with Crippen molar-refractivity contribution in [2.24, 2.45) is 5.92 Å². The topological polar surface area (TPSA) is 20.3 Å². The van der Waals surface area contributed by atoms with Crippen molar-refractivity contribution in [2.75, 3.05) is 12.8 Å². The largest absolute Gasteiger partial charge is 0.297 e. The summed E-state index contributed by atoms with van der Waals surface area (Å²) in [5, 5.41) is -0.0380. The first-order valence-corrected chi connectivity index (χ1v) is 11.3. The van der Waals surface area contributed by atoms with E-state index in [0.29, 0.717) is 0 Å². The van der Waals surface area contributed by atoms with Gasteiger partial charge in [-0.15, -0.1) is 11.8 Å². The number of amides is 1. The number of hydrogen-bond donors (Lipinski definition) is 0. The Morgan fingerprint density at radius 3 is 2.58 bits per heavy atom. The van der Waals surface area contributed by atoms with Gasteiger partial charge in [-0.3, -0.25) is 9.69 Å². The van der Waals surface area contributed by atoms with E-state index in [0.717, 1.165) is 29.6 Å². The fraction of sp³-hybridized carbons (Fsp3) is 0.579. The second-order valence-electron chi connectivity index (χ2n) is 6.71. The molecule has 0 unspecified atom stereocenters. The smallest absolute Gasteiger partial charge is 0.241 e. The Balaban J connectivity index is 1.54. The Hall–Kier alpha value is -0.520. The van der Waals surface area contributed by atoms with Crippen LogP contribution in [-0.4, -0.2) is 33.2 Å². The van der Waals surface area contributed by atoms with Crippen LogP contribution in [0.15, 0.2) is 29.2 Å². The van der Waals surface area contributed by atoms with Gasteiger partial charge in [-0.1, -0.05) is 68.2 Å². The van der Waals surface area contributed by atoms with Gasteiger partial charge in [-0.05, 0) is 42.7 Å². The highest BCUT2D eigenvalue weighted by molar-refractivity contribution is 8.24. The lowest BCUT2D eigenvalue weighted by atomic mass is 9.87. The molecular formula is C19H25NOS3. The summed E-state index contributed by atoms with van der Waals surface area (Å²) >= 11 is 8.80. The van der Waals surface area contributed by atoms with Crippen LogP contribution >= 0.6 is 35.7 Å². The number of rotatable bonds is 6. The Morgan fingerprint density at radius 1 is 1.21 bits per heavy atom. The molecule has 1 aliphatic carbocycles. The summed E-state index contributed by atoms with van der Waals surface area (Å²) in [4.78, 5) is 15.9. The minimum absolute atomic E-state index is 0.0380. The zero-order valence-corrected chi connectivity index (χ0v) is 16.7. The molecule has 1 atom stereocenters. The number of hydrogen-bond acceptors (Lipinski definition) is 4. The van der Waals surface area contributed by atoms with E-state index >= 15 is 0 Å². The number of nitrogens with zero attached hydrogens (tertiary/aromatic N) is 1. The summed E-state index contributed by atoms with van der Waals surface area (Å²) in [6.45, 7) is 0.817. The van der Waals surface area contributed by atoms with E-state index in [1.807, 2.05) is 4.90 Å². The van der Waals surface area contributed by atoms with Gasteiger partial charge < -0.3 is 0 Å². The van der Waals surface area contributed by atoms with Crippen molar-refractivity contribution < 1.29 is 4.79 Å². The van der Waals surface area contributed by atoms with Crippen LogP contribution < -0.4 is 0 Å². The van der Waals surface area contributed by atoms with Crippen molar-refractivity contribution >= 4 is 46.0 Å². The van der Waals surface area contributed by atoms with Crippen LogP contribution in [0.1, 0.15) is 44.1 Å². The van der Waals surface area contributed by atoms with Gasteiger partial charge in [0.15, 0.2) is 0 Å². The number of thiocarbonyl (C=S) groups is 1. The van der Waals surface area contributed by atoms with Gasteiger partial charge in [0.1, 0.15) is 4.32 Å². The van der Waals surface area contributed by atoms with E-state index < -0.39 is 0 Å². The fourth-order valence-corrected chi connectivity index (χ4v) is 5.59. The minimum atomic E-state index is -0.0380. The number of benzene rings is 1. The highest BCUT2D eigenvalue weighted by atomic mass is 32.2. The Kier molecular flexibility index (Phi) is 6.64. The Bertz CT molecular complexity index is 581. The molecular weight excluding hydrogens is 354 g/mol. The number of carbonyl (C=O) groups excluding carboxylic acids is 1. The van der Waals surface area contributed by atoms with E-state index in [1.165, 1.54) is 42.6 Å². The first-order valence-electron chi connectivity index (χ1n) is 8.82. The lowest BCUT2D eigenvalue weighted by Crippen LogP contribution is -2.34. The van der Waals surface area contributed by atoms with Crippen molar-refractivity contribution in [1.29, 1.82) is 0 Å². The van der Waals surface area contributed by atoms with Crippen molar-refractivity contribution in [1.82, 2.24) is 4.90 Å². The summed E-state index contributed by atoms with van der Waals surface area (Å²) in [5.41, 5.74) is 1.22. The number of carbonyl (C=O) groups is 1. The van der Waals surface area contributed by atoms with Crippen LogP contribution in [0.3, 0.4) is 0 Å². The van der Waals surface area contributed by atoms with E-state index in [-0.39, 0.29) is 11.2 Å². The van der Waals surface area contributed by atoms with E-state index in [9.17, 15) is 4.79 Å². The van der Waals surface area contributed by atoms with Crippen LogP contribution in [0.4, 0.5) is 0 Å². The van der Waals surface area contributed by atoms with Gasteiger partial charge in [0.25, 0.3) is 0 Å². The molecule has 1 saturated carbocycles. The van der Waals surface area contributed by atoms with Crippen molar-refractivity contribution in [3.05, 3.63) is 29.8 Å².